The minimum atomic E-state index is -0.573. The highest BCUT2D eigenvalue weighted by molar-refractivity contribution is 5.99. The van der Waals surface area contributed by atoms with Crippen molar-refractivity contribution >= 4 is 17.8 Å². The normalized spacial score (nSPS) is 26.1. The molecule has 8 nitrogen and oxygen atoms in total. The molecule has 8 heteroatoms. The van der Waals surface area contributed by atoms with Crippen LogP contribution in [0.2, 0.25) is 0 Å². The molecule has 0 saturated heterocycles. The van der Waals surface area contributed by atoms with Gasteiger partial charge in [-0.25, -0.2) is 4.99 Å². The number of hydrogen-bond acceptors (Lipinski definition) is 6. The van der Waals surface area contributed by atoms with Gasteiger partial charge in [-0.3, -0.25) is 14.5 Å². The third-order valence-corrected chi connectivity index (χ3v) is 7.45. The van der Waals surface area contributed by atoms with Crippen molar-refractivity contribution < 1.29 is 14.3 Å². The van der Waals surface area contributed by atoms with Crippen molar-refractivity contribution in [2.75, 3.05) is 0 Å². The van der Waals surface area contributed by atoms with E-state index >= 15 is 0 Å². The third kappa shape index (κ3) is 4.91. The molecule has 2 heterocycles. The molecule has 3 aliphatic rings. The topological polar surface area (TPSA) is 121 Å². The Morgan fingerprint density at radius 2 is 1.89 bits per heavy atom. The predicted octanol–water partition coefficient (Wildman–Crippen LogP) is 3.98. The second kappa shape index (κ2) is 8.91. The summed E-state index contributed by atoms with van der Waals surface area (Å²) < 4.78 is 6.12. The number of para-hydroxylation sites is 1. The number of amides is 2. The largest absolute Gasteiger partial charge is 0.487 e. The standard InChI is InChI=1S/C29H33N5O3/c1-28(2)15-24(35)34(27(31)33-28)25(18-11-9-17(16-30)10-12-18)20-13-21(20)26(36)32-22-14-29(3,4)37-23-8-6-5-7-19(22)23/h5-12,20-22,25H,13-15H2,1-4H3,(H2,31,33)(H,32,36)/t20?,21?,22-,25-/m0/s1. The summed E-state index contributed by atoms with van der Waals surface area (Å²) in [6.07, 6.45) is 1.52. The van der Waals surface area contributed by atoms with Crippen LogP contribution in [0, 0.1) is 23.2 Å². The van der Waals surface area contributed by atoms with Gasteiger partial charge in [0.25, 0.3) is 0 Å². The molecule has 1 fully saturated rings. The van der Waals surface area contributed by atoms with E-state index < -0.39 is 17.2 Å². The average Bonchev–Trinajstić information content (AvgIpc) is 3.61. The van der Waals surface area contributed by atoms with Gasteiger partial charge in [0.1, 0.15) is 11.4 Å². The first kappa shape index (κ1) is 24.8. The van der Waals surface area contributed by atoms with Crippen LogP contribution in [0.1, 0.15) is 75.7 Å². The molecular weight excluding hydrogens is 466 g/mol. The molecule has 0 radical (unpaired) electrons. The van der Waals surface area contributed by atoms with Crippen LogP contribution in [0.5, 0.6) is 5.75 Å². The van der Waals surface area contributed by atoms with E-state index in [0.29, 0.717) is 18.4 Å². The minimum absolute atomic E-state index is 0.0403. The van der Waals surface area contributed by atoms with E-state index in [1.165, 1.54) is 0 Å². The van der Waals surface area contributed by atoms with Crippen LogP contribution in [-0.2, 0) is 9.59 Å². The van der Waals surface area contributed by atoms with E-state index in [9.17, 15) is 14.9 Å². The molecule has 4 atom stereocenters. The number of guanidine groups is 1. The Labute approximate surface area is 217 Å². The lowest BCUT2D eigenvalue weighted by Gasteiger charge is -2.39. The van der Waals surface area contributed by atoms with E-state index in [1.807, 2.05) is 64.1 Å². The van der Waals surface area contributed by atoms with Gasteiger partial charge in [0.2, 0.25) is 11.8 Å². The molecule has 3 N–H and O–H groups in total. The van der Waals surface area contributed by atoms with E-state index in [2.05, 4.69) is 16.4 Å². The van der Waals surface area contributed by atoms with Crippen molar-refractivity contribution in [3.63, 3.8) is 0 Å². The van der Waals surface area contributed by atoms with E-state index in [1.54, 1.807) is 17.0 Å². The molecule has 5 rings (SSSR count). The van der Waals surface area contributed by atoms with Crippen molar-refractivity contribution in [2.45, 2.75) is 70.2 Å². The summed E-state index contributed by atoms with van der Waals surface area (Å²) >= 11 is 0. The lowest BCUT2D eigenvalue weighted by Crippen LogP contribution is -2.52. The van der Waals surface area contributed by atoms with Crippen LogP contribution >= 0.6 is 0 Å². The minimum Gasteiger partial charge on any atom is -0.487 e. The smallest absolute Gasteiger partial charge is 0.232 e. The van der Waals surface area contributed by atoms with Gasteiger partial charge in [-0.15, -0.1) is 0 Å². The highest BCUT2D eigenvalue weighted by Gasteiger charge is 2.53. The van der Waals surface area contributed by atoms with Gasteiger partial charge in [-0.1, -0.05) is 30.3 Å². The number of rotatable bonds is 5. The molecule has 1 saturated carbocycles. The Bertz CT molecular complexity index is 1310. The van der Waals surface area contributed by atoms with Crippen molar-refractivity contribution in [1.29, 1.82) is 5.26 Å². The first-order chi connectivity index (χ1) is 17.5. The van der Waals surface area contributed by atoms with Crippen LogP contribution in [0.4, 0.5) is 0 Å². The monoisotopic (exact) mass is 499 g/mol. The van der Waals surface area contributed by atoms with Gasteiger partial charge in [0.05, 0.1) is 35.7 Å². The van der Waals surface area contributed by atoms with Crippen LogP contribution in [-0.4, -0.2) is 33.8 Å². The van der Waals surface area contributed by atoms with Crippen LogP contribution in [0.3, 0.4) is 0 Å². The molecule has 2 unspecified atom stereocenters. The Balaban J connectivity index is 1.41. The zero-order valence-corrected chi connectivity index (χ0v) is 21.7. The molecule has 37 heavy (non-hydrogen) atoms. The number of ether oxygens (including phenoxy) is 1. The van der Waals surface area contributed by atoms with Gasteiger partial charge >= 0.3 is 0 Å². The summed E-state index contributed by atoms with van der Waals surface area (Å²) in [6.45, 7) is 7.81. The number of benzene rings is 2. The number of nitrogens with one attached hydrogen (secondary N) is 1. The molecule has 0 spiro atoms. The number of hydrogen-bond donors (Lipinski definition) is 2. The summed E-state index contributed by atoms with van der Waals surface area (Å²) in [4.78, 5) is 32.9. The predicted molar refractivity (Wildman–Crippen MR) is 139 cm³/mol. The van der Waals surface area contributed by atoms with E-state index in [0.717, 1.165) is 16.9 Å². The zero-order valence-electron chi connectivity index (χ0n) is 21.7. The molecule has 192 valence electrons. The Morgan fingerprint density at radius 3 is 2.57 bits per heavy atom. The summed E-state index contributed by atoms with van der Waals surface area (Å²) in [6, 6.07) is 16.5. The fourth-order valence-electron chi connectivity index (χ4n) is 5.70. The first-order valence-electron chi connectivity index (χ1n) is 12.7. The number of nitriles is 1. The van der Waals surface area contributed by atoms with Crippen LogP contribution < -0.4 is 15.8 Å². The third-order valence-electron chi connectivity index (χ3n) is 7.45. The van der Waals surface area contributed by atoms with Crippen molar-refractivity contribution in [2.24, 2.45) is 22.6 Å². The van der Waals surface area contributed by atoms with Gasteiger partial charge in [-0.2, -0.15) is 5.26 Å². The molecule has 0 bridgehead atoms. The zero-order chi connectivity index (χ0) is 26.5. The Morgan fingerprint density at radius 1 is 1.19 bits per heavy atom. The molecule has 2 amide bonds. The fourth-order valence-corrected chi connectivity index (χ4v) is 5.70. The first-order valence-corrected chi connectivity index (χ1v) is 12.7. The maximum Gasteiger partial charge on any atom is 0.232 e. The van der Waals surface area contributed by atoms with E-state index in [-0.39, 0.29) is 42.1 Å². The number of fused-ring (bicyclic) bond motifs is 1. The highest BCUT2D eigenvalue weighted by Crippen LogP contribution is 2.51. The lowest BCUT2D eigenvalue weighted by atomic mass is 9.89. The molecule has 2 aliphatic heterocycles. The number of nitrogens with zero attached hydrogens (tertiary/aromatic N) is 3. The number of carbonyl (C=O) groups excluding carboxylic acids is 2. The number of carbonyl (C=O) groups is 2. The van der Waals surface area contributed by atoms with Gasteiger partial charge in [0.15, 0.2) is 5.96 Å². The van der Waals surface area contributed by atoms with Gasteiger partial charge in [-0.05, 0) is 63.8 Å². The van der Waals surface area contributed by atoms with Gasteiger partial charge in [0, 0.05) is 17.9 Å². The summed E-state index contributed by atoms with van der Waals surface area (Å²) in [5.41, 5.74) is 7.71. The quantitative estimate of drug-likeness (QED) is 0.645. The van der Waals surface area contributed by atoms with Gasteiger partial charge < -0.3 is 15.8 Å². The number of aliphatic imine (C=N–C) groups is 1. The molecule has 2 aromatic carbocycles. The average molecular weight is 500 g/mol. The summed E-state index contributed by atoms with van der Waals surface area (Å²) in [7, 11) is 0. The van der Waals surface area contributed by atoms with Crippen LogP contribution in [0.15, 0.2) is 53.5 Å². The molecule has 2 aromatic rings. The lowest BCUT2D eigenvalue weighted by molar-refractivity contribution is -0.132. The summed E-state index contributed by atoms with van der Waals surface area (Å²) in [5.74, 6) is 0.419. The van der Waals surface area contributed by atoms with Crippen LogP contribution in [0.25, 0.3) is 0 Å². The molecular formula is C29H33N5O3. The van der Waals surface area contributed by atoms with E-state index in [4.69, 9.17) is 10.5 Å². The molecule has 0 aromatic heterocycles. The molecule has 1 aliphatic carbocycles. The Hall–Kier alpha value is -3.86. The van der Waals surface area contributed by atoms with Crippen molar-refractivity contribution in [1.82, 2.24) is 10.2 Å². The number of nitrogens with two attached hydrogens (primary N) is 1. The highest BCUT2D eigenvalue weighted by atomic mass is 16.5. The van der Waals surface area contributed by atoms with Crippen molar-refractivity contribution in [3.8, 4) is 11.8 Å². The maximum atomic E-state index is 13.5. The second-order valence-electron chi connectivity index (χ2n) is 11.6. The second-order valence-corrected chi connectivity index (χ2v) is 11.6. The SMILES string of the molecule is CC1(C)CC(=O)N([C@@H](c2ccc(C#N)cc2)C2CC2C(=O)N[C@H]2CC(C)(C)Oc3ccccc32)C(N)=N1. The maximum absolute atomic E-state index is 13.5. The van der Waals surface area contributed by atoms with Crippen molar-refractivity contribution in [3.05, 3.63) is 65.2 Å². The fraction of sp³-hybridized carbons (Fsp3) is 0.448. The Kier molecular flexibility index (Phi) is 5.98. The summed E-state index contributed by atoms with van der Waals surface area (Å²) in [5, 5.41) is 12.5.